The number of aromatic nitrogens is 1. The van der Waals surface area contributed by atoms with Gasteiger partial charge in [-0.25, -0.2) is 4.39 Å². The van der Waals surface area contributed by atoms with Crippen molar-refractivity contribution in [2.75, 3.05) is 17.8 Å². The number of anilines is 1. The molecule has 0 aliphatic carbocycles. The number of hydrogen-bond acceptors (Lipinski definition) is 4. The van der Waals surface area contributed by atoms with E-state index in [0.717, 1.165) is 25.5 Å². The van der Waals surface area contributed by atoms with Crippen molar-refractivity contribution in [3.8, 4) is 0 Å². The maximum absolute atomic E-state index is 13.4. The molecule has 6 nitrogen and oxygen atoms in total. The maximum atomic E-state index is 13.4. The number of hydrogen-bond donors (Lipinski definition) is 2. The number of nitrogens with two attached hydrogens (primary N) is 1. The average Bonchev–Trinajstić information content (AvgIpc) is 2.41. The summed E-state index contributed by atoms with van der Waals surface area (Å²) in [4.78, 5) is 3.58. The van der Waals surface area contributed by atoms with Gasteiger partial charge in [-0.3, -0.25) is 9.71 Å². The third-order valence-electron chi connectivity index (χ3n) is 3.17. The molecule has 106 valence electrons. The van der Waals surface area contributed by atoms with E-state index in [2.05, 4.69) is 9.71 Å². The van der Waals surface area contributed by atoms with E-state index in [0.29, 0.717) is 6.54 Å². The van der Waals surface area contributed by atoms with E-state index in [4.69, 9.17) is 5.73 Å². The Kier molecular flexibility index (Phi) is 4.33. The van der Waals surface area contributed by atoms with Crippen molar-refractivity contribution in [3.63, 3.8) is 0 Å². The second-order valence-electron chi connectivity index (χ2n) is 4.46. The van der Waals surface area contributed by atoms with Crippen LogP contribution in [0.3, 0.4) is 0 Å². The first-order valence-corrected chi connectivity index (χ1v) is 7.58. The first-order valence-electron chi connectivity index (χ1n) is 6.14. The number of halogens is 1. The van der Waals surface area contributed by atoms with Crippen LogP contribution in [0.1, 0.15) is 19.3 Å². The van der Waals surface area contributed by atoms with Crippen LogP contribution in [0.25, 0.3) is 0 Å². The fourth-order valence-corrected chi connectivity index (χ4v) is 3.70. The summed E-state index contributed by atoms with van der Waals surface area (Å²) in [5, 5.41) is 0. The standard InChI is InChI=1S/C11H17FN4O2S/c12-10-8-14-5-4-11(10)15-19(17,18)16-6-2-1-3-9(16)7-13/h4-5,8-9H,1-3,6-7,13H2,(H,14,15). The Balaban J connectivity index is 2.20. The van der Waals surface area contributed by atoms with Crippen molar-refractivity contribution in [1.29, 1.82) is 0 Å². The molecule has 0 aromatic carbocycles. The average molecular weight is 288 g/mol. The van der Waals surface area contributed by atoms with Crippen molar-refractivity contribution < 1.29 is 12.8 Å². The van der Waals surface area contributed by atoms with Crippen molar-refractivity contribution in [2.24, 2.45) is 5.73 Å². The molecule has 8 heteroatoms. The van der Waals surface area contributed by atoms with E-state index in [1.54, 1.807) is 0 Å². The summed E-state index contributed by atoms with van der Waals surface area (Å²) in [5.74, 6) is -0.701. The summed E-state index contributed by atoms with van der Waals surface area (Å²) in [5.41, 5.74) is 5.50. The first-order chi connectivity index (χ1) is 9.04. The zero-order valence-electron chi connectivity index (χ0n) is 10.4. The Morgan fingerprint density at radius 1 is 1.53 bits per heavy atom. The SMILES string of the molecule is NCC1CCCCN1S(=O)(=O)Nc1ccncc1F. The Bertz CT molecular complexity index is 537. The van der Waals surface area contributed by atoms with Crippen LogP contribution in [0.15, 0.2) is 18.5 Å². The van der Waals surface area contributed by atoms with Crippen LogP contribution in [0.5, 0.6) is 0 Å². The Morgan fingerprint density at radius 3 is 3.00 bits per heavy atom. The monoisotopic (exact) mass is 288 g/mol. The van der Waals surface area contributed by atoms with E-state index in [9.17, 15) is 12.8 Å². The van der Waals surface area contributed by atoms with E-state index in [-0.39, 0.29) is 18.3 Å². The number of nitrogens with zero attached hydrogens (tertiary/aromatic N) is 2. The largest absolute Gasteiger partial charge is 0.329 e. The van der Waals surface area contributed by atoms with Crippen molar-refractivity contribution in [2.45, 2.75) is 25.3 Å². The summed E-state index contributed by atoms with van der Waals surface area (Å²) in [7, 11) is -3.78. The minimum Gasteiger partial charge on any atom is -0.329 e. The molecule has 2 heterocycles. The summed E-state index contributed by atoms with van der Waals surface area (Å²) >= 11 is 0. The molecule has 1 fully saturated rings. The molecule has 2 rings (SSSR count). The van der Waals surface area contributed by atoms with Gasteiger partial charge in [0, 0.05) is 25.3 Å². The molecule has 1 saturated heterocycles. The molecule has 0 bridgehead atoms. The molecule has 0 amide bonds. The van der Waals surface area contributed by atoms with Gasteiger partial charge in [0.2, 0.25) is 0 Å². The number of piperidine rings is 1. The topological polar surface area (TPSA) is 88.3 Å². The molecule has 1 unspecified atom stereocenters. The van der Waals surface area contributed by atoms with Crippen molar-refractivity contribution in [3.05, 3.63) is 24.3 Å². The third kappa shape index (κ3) is 3.20. The van der Waals surface area contributed by atoms with Crippen LogP contribution >= 0.6 is 0 Å². The third-order valence-corrected chi connectivity index (χ3v) is 4.74. The summed E-state index contributed by atoms with van der Waals surface area (Å²) in [6.45, 7) is 0.670. The molecular formula is C11H17FN4O2S. The van der Waals surface area contributed by atoms with E-state index >= 15 is 0 Å². The van der Waals surface area contributed by atoms with Crippen LogP contribution in [0.2, 0.25) is 0 Å². The fourth-order valence-electron chi connectivity index (χ4n) is 2.18. The van der Waals surface area contributed by atoms with E-state index < -0.39 is 16.0 Å². The van der Waals surface area contributed by atoms with Crippen LogP contribution in [-0.4, -0.2) is 36.8 Å². The van der Waals surface area contributed by atoms with Gasteiger partial charge in [-0.2, -0.15) is 12.7 Å². The van der Waals surface area contributed by atoms with E-state index in [1.807, 2.05) is 0 Å². The highest BCUT2D eigenvalue weighted by Crippen LogP contribution is 2.22. The number of pyridine rings is 1. The van der Waals surface area contributed by atoms with Gasteiger partial charge in [-0.1, -0.05) is 6.42 Å². The van der Waals surface area contributed by atoms with Gasteiger partial charge >= 0.3 is 10.2 Å². The smallest absolute Gasteiger partial charge is 0.302 e. The van der Waals surface area contributed by atoms with Crippen molar-refractivity contribution >= 4 is 15.9 Å². The Labute approximate surface area is 112 Å². The second kappa shape index (κ2) is 5.81. The Morgan fingerprint density at radius 2 is 2.32 bits per heavy atom. The number of rotatable bonds is 4. The quantitative estimate of drug-likeness (QED) is 0.853. The summed E-state index contributed by atoms with van der Waals surface area (Å²) in [6, 6.07) is 1.06. The molecule has 1 atom stereocenters. The molecule has 0 spiro atoms. The van der Waals surface area contributed by atoms with Gasteiger partial charge in [0.15, 0.2) is 5.82 Å². The zero-order chi connectivity index (χ0) is 13.9. The van der Waals surface area contributed by atoms with Crippen molar-refractivity contribution in [1.82, 2.24) is 9.29 Å². The van der Waals surface area contributed by atoms with Gasteiger partial charge in [-0.05, 0) is 18.9 Å². The van der Waals surface area contributed by atoms with Crippen LogP contribution < -0.4 is 10.5 Å². The molecule has 1 aromatic heterocycles. The molecule has 0 saturated carbocycles. The lowest BCUT2D eigenvalue weighted by Gasteiger charge is -2.33. The normalized spacial score (nSPS) is 21.3. The maximum Gasteiger partial charge on any atom is 0.302 e. The van der Waals surface area contributed by atoms with Gasteiger partial charge in [0.05, 0.1) is 11.9 Å². The molecule has 1 aliphatic heterocycles. The molecule has 0 radical (unpaired) electrons. The first kappa shape index (κ1) is 14.2. The minimum atomic E-state index is -3.78. The summed E-state index contributed by atoms with van der Waals surface area (Å²) < 4.78 is 41.5. The van der Waals surface area contributed by atoms with E-state index in [1.165, 1.54) is 16.6 Å². The van der Waals surface area contributed by atoms with Gasteiger partial charge in [0.25, 0.3) is 0 Å². The lowest BCUT2D eigenvalue weighted by atomic mass is 10.1. The predicted octanol–water partition coefficient (Wildman–Crippen LogP) is 0.691. The molecular weight excluding hydrogens is 271 g/mol. The molecule has 1 aromatic rings. The highest BCUT2D eigenvalue weighted by atomic mass is 32.2. The second-order valence-corrected chi connectivity index (χ2v) is 6.08. The summed E-state index contributed by atoms with van der Waals surface area (Å²) in [6.07, 6.45) is 4.77. The zero-order valence-corrected chi connectivity index (χ0v) is 11.2. The fraction of sp³-hybridized carbons (Fsp3) is 0.545. The van der Waals surface area contributed by atoms with Gasteiger partial charge in [0.1, 0.15) is 0 Å². The van der Waals surface area contributed by atoms with Crippen LogP contribution in [0, 0.1) is 5.82 Å². The lowest BCUT2D eigenvalue weighted by Crippen LogP contribution is -2.49. The number of nitrogens with one attached hydrogen (secondary N) is 1. The van der Waals surface area contributed by atoms with Crippen LogP contribution in [-0.2, 0) is 10.2 Å². The van der Waals surface area contributed by atoms with Crippen LogP contribution in [0.4, 0.5) is 10.1 Å². The van der Waals surface area contributed by atoms with Gasteiger partial charge in [-0.15, -0.1) is 0 Å². The molecule has 1 aliphatic rings. The highest BCUT2D eigenvalue weighted by molar-refractivity contribution is 7.90. The minimum absolute atomic E-state index is 0.101. The highest BCUT2D eigenvalue weighted by Gasteiger charge is 2.31. The predicted molar refractivity (Wildman–Crippen MR) is 70.1 cm³/mol. The molecule has 3 N–H and O–H groups in total. The molecule has 19 heavy (non-hydrogen) atoms. The Hall–Kier alpha value is -1.25. The lowest BCUT2D eigenvalue weighted by molar-refractivity contribution is 0.259. The van der Waals surface area contributed by atoms with Gasteiger partial charge < -0.3 is 5.73 Å².